The highest BCUT2D eigenvalue weighted by molar-refractivity contribution is 6.00. The van der Waals surface area contributed by atoms with Crippen LogP contribution in [0, 0.1) is 5.41 Å². The van der Waals surface area contributed by atoms with Crippen molar-refractivity contribution in [3.05, 3.63) is 11.6 Å². The highest BCUT2D eigenvalue weighted by Gasteiger charge is 2.80. The lowest BCUT2D eigenvalue weighted by Crippen LogP contribution is -2.73. The predicted molar refractivity (Wildman–Crippen MR) is 115 cm³/mol. The van der Waals surface area contributed by atoms with Gasteiger partial charge in [0, 0.05) is 31.5 Å². The number of aromatic hydroxyl groups is 1. The molecule has 1 aromatic rings. The van der Waals surface area contributed by atoms with Crippen LogP contribution in [0.2, 0.25) is 0 Å². The highest BCUT2D eigenvalue weighted by atomic mass is 16.5. The third-order valence-electron chi connectivity index (χ3n) is 9.21. The highest BCUT2D eigenvalue weighted by Crippen LogP contribution is 2.74. The second-order valence-corrected chi connectivity index (χ2v) is 9.86. The van der Waals surface area contributed by atoms with Gasteiger partial charge in [-0.15, -0.1) is 0 Å². The lowest BCUT2D eigenvalue weighted by Gasteiger charge is -2.62. The standard InChI is InChI=1S/C24H32N2O5/c1-4-18(27)26-17-6-8-22-7-5-11-25-12-9-23(17,24(22,25)31-13-10-22)15-14-16(29-2)21(30-3)20(28)19(15)26/h14,17,28H,4-13H2,1-3H3/t17-,22+,23-,24-/m1/s1. The molecular weight excluding hydrogens is 396 g/mol. The largest absolute Gasteiger partial charge is 0.503 e. The first-order valence-electron chi connectivity index (χ1n) is 11.7. The molecule has 0 unspecified atom stereocenters. The summed E-state index contributed by atoms with van der Waals surface area (Å²) >= 11 is 0. The molecule has 4 fully saturated rings. The Morgan fingerprint density at radius 2 is 2.06 bits per heavy atom. The maximum Gasteiger partial charge on any atom is 0.227 e. The molecule has 168 valence electrons. The topological polar surface area (TPSA) is 71.5 Å². The zero-order valence-electron chi connectivity index (χ0n) is 18.7. The van der Waals surface area contributed by atoms with Gasteiger partial charge >= 0.3 is 0 Å². The van der Waals surface area contributed by atoms with Crippen LogP contribution in [0.4, 0.5) is 5.69 Å². The van der Waals surface area contributed by atoms with Crippen molar-refractivity contribution in [2.75, 3.05) is 38.8 Å². The molecule has 1 aromatic carbocycles. The Kier molecular flexibility index (Phi) is 3.99. The van der Waals surface area contributed by atoms with E-state index in [1.54, 1.807) is 7.11 Å². The molecule has 5 aliphatic rings. The minimum Gasteiger partial charge on any atom is -0.503 e. The average Bonchev–Trinajstić information content (AvgIpc) is 3.43. The molecule has 31 heavy (non-hydrogen) atoms. The van der Waals surface area contributed by atoms with Crippen LogP contribution in [-0.2, 0) is 14.9 Å². The number of phenols is 1. The van der Waals surface area contributed by atoms with Gasteiger partial charge in [0.15, 0.2) is 11.5 Å². The van der Waals surface area contributed by atoms with Gasteiger partial charge in [0.05, 0.1) is 31.4 Å². The molecule has 7 nitrogen and oxygen atoms in total. The number of fused-ring (bicyclic) bond motifs is 1. The Morgan fingerprint density at radius 1 is 1.23 bits per heavy atom. The minimum atomic E-state index is -0.412. The number of ether oxygens (including phenoxy) is 3. The van der Waals surface area contributed by atoms with Gasteiger partial charge in [-0.25, -0.2) is 0 Å². The van der Waals surface area contributed by atoms with E-state index in [4.69, 9.17) is 14.2 Å². The number of rotatable bonds is 3. The molecule has 7 heteroatoms. The van der Waals surface area contributed by atoms with Crippen molar-refractivity contribution in [3.8, 4) is 17.2 Å². The van der Waals surface area contributed by atoms with Crippen molar-refractivity contribution in [1.82, 2.24) is 4.90 Å². The number of piperidine rings is 1. The molecule has 0 bridgehead atoms. The van der Waals surface area contributed by atoms with Gasteiger partial charge in [-0.3, -0.25) is 9.69 Å². The van der Waals surface area contributed by atoms with Crippen LogP contribution in [-0.4, -0.2) is 61.6 Å². The maximum absolute atomic E-state index is 13.3. The van der Waals surface area contributed by atoms with Crippen LogP contribution in [0.25, 0.3) is 0 Å². The van der Waals surface area contributed by atoms with Gasteiger partial charge in [0.1, 0.15) is 5.72 Å². The van der Waals surface area contributed by atoms with E-state index < -0.39 is 5.72 Å². The van der Waals surface area contributed by atoms with Gasteiger partial charge in [-0.05, 0) is 50.2 Å². The fourth-order valence-electron chi connectivity index (χ4n) is 8.33. The number of benzene rings is 1. The van der Waals surface area contributed by atoms with E-state index in [9.17, 15) is 9.90 Å². The van der Waals surface area contributed by atoms with E-state index in [1.165, 1.54) is 20.0 Å². The van der Waals surface area contributed by atoms with Crippen LogP contribution < -0.4 is 14.4 Å². The number of carbonyl (C=O) groups is 1. The first-order valence-corrected chi connectivity index (χ1v) is 11.7. The number of phenolic OH excluding ortho intramolecular Hbond substituents is 1. The molecule has 2 spiro atoms. The molecule has 0 aromatic heterocycles. The van der Waals surface area contributed by atoms with Crippen molar-refractivity contribution in [2.45, 2.75) is 69.1 Å². The minimum absolute atomic E-state index is 0.0108. The second kappa shape index (κ2) is 6.29. The molecule has 6 rings (SSSR count). The number of hydrogen-bond acceptors (Lipinski definition) is 6. The summed E-state index contributed by atoms with van der Waals surface area (Å²) in [6.07, 6.45) is 6.77. The molecule has 4 aliphatic heterocycles. The summed E-state index contributed by atoms with van der Waals surface area (Å²) in [5.41, 5.74) is 0.959. The zero-order valence-corrected chi connectivity index (χ0v) is 18.7. The summed E-state index contributed by atoms with van der Waals surface area (Å²) in [5.74, 6) is 0.857. The third-order valence-corrected chi connectivity index (χ3v) is 9.21. The molecule has 0 radical (unpaired) electrons. The number of carbonyl (C=O) groups excluding carboxylic acids is 1. The van der Waals surface area contributed by atoms with Gasteiger partial charge in [-0.1, -0.05) is 6.92 Å². The Labute approximate surface area is 183 Å². The van der Waals surface area contributed by atoms with Crippen molar-refractivity contribution >= 4 is 11.6 Å². The monoisotopic (exact) mass is 428 g/mol. The Hall–Kier alpha value is -1.99. The van der Waals surface area contributed by atoms with Gasteiger partial charge in [0.25, 0.3) is 0 Å². The quantitative estimate of drug-likeness (QED) is 0.797. The molecular formula is C24H32N2O5. The van der Waals surface area contributed by atoms with E-state index in [2.05, 4.69) is 4.90 Å². The number of hydrogen-bond donors (Lipinski definition) is 1. The number of methoxy groups -OCH3 is 2. The van der Waals surface area contributed by atoms with Crippen LogP contribution >= 0.6 is 0 Å². The fourth-order valence-corrected chi connectivity index (χ4v) is 8.33. The van der Waals surface area contributed by atoms with Gasteiger partial charge in [0.2, 0.25) is 11.7 Å². The van der Waals surface area contributed by atoms with Crippen LogP contribution in [0.5, 0.6) is 17.2 Å². The van der Waals surface area contributed by atoms with E-state index in [0.717, 1.165) is 50.9 Å². The summed E-state index contributed by atoms with van der Waals surface area (Å²) in [4.78, 5) is 17.8. The normalized spacial score (nSPS) is 37.8. The maximum atomic E-state index is 13.3. The van der Waals surface area contributed by atoms with E-state index in [0.29, 0.717) is 23.6 Å². The smallest absolute Gasteiger partial charge is 0.227 e. The van der Waals surface area contributed by atoms with Gasteiger partial charge < -0.3 is 24.2 Å². The zero-order chi connectivity index (χ0) is 21.6. The van der Waals surface area contributed by atoms with E-state index in [1.807, 2.05) is 17.9 Å². The third kappa shape index (κ3) is 1.93. The lowest BCUT2D eigenvalue weighted by molar-refractivity contribution is -0.232. The van der Waals surface area contributed by atoms with Crippen LogP contribution in [0.3, 0.4) is 0 Å². The Morgan fingerprint density at radius 3 is 2.81 bits per heavy atom. The van der Waals surface area contributed by atoms with Crippen molar-refractivity contribution < 1.29 is 24.1 Å². The van der Waals surface area contributed by atoms with Gasteiger partial charge in [-0.2, -0.15) is 0 Å². The average molecular weight is 429 g/mol. The summed E-state index contributed by atoms with van der Waals surface area (Å²) < 4.78 is 18.0. The molecule has 1 N–H and O–H groups in total. The van der Waals surface area contributed by atoms with E-state index >= 15 is 0 Å². The number of nitrogens with zero attached hydrogens (tertiary/aromatic N) is 2. The molecule has 1 amide bonds. The second-order valence-electron chi connectivity index (χ2n) is 9.86. The fraction of sp³-hybridized carbons (Fsp3) is 0.708. The number of anilines is 1. The number of amides is 1. The summed E-state index contributed by atoms with van der Waals surface area (Å²) in [5, 5.41) is 11.4. The van der Waals surface area contributed by atoms with E-state index in [-0.39, 0.29) is 28.5 Å². The van der Waals surface area contributed by atoms with Crippen LogP contribution in [0.15, 0.2) is 6.07 Å². The first-order chi connectivity index (χ1) is 15.0. The molecule has 1 saturated carbocycles. The van der Waals surface area contributed by atoms with Crippen molar-refractivity contribution in [1.29, 1.82) is 0 Å². The summed E-state index contributed by atoms with van der Waals surface area (Å²) in [7, 11) is 3.12. The molecule has 1 aliphatic carbocycles. The predicted octanol–water partition coefficient (Wildman–Crippen LogP) is 3.17. The SMILES string of the molecule is CCC(=O)N1c2c(cc(OC)c(OC)c2O)[C@@]23CCN4CCC[C@@]5(CCO[C@]452)CC[C@@H]13. The Balaban J connectivity index is 1.69. The first kappa shape index (κ1) is 19.7. The Bertz CT molecular complexity index is 966. The molecule has 3 saturated heterocycles. The summed E-state index contributed by atoms with van der Waals surface area (Å²) in [6, 6.07) is 2.00. The molecule has 4 heterocycles. The molecule has 4 atom stereocenters. The lowest BCUT2D eigenvalue weighted by atomic mass is 9.50. The van der Waals surface area contributed by atoms with Crippen molar-refractivity contribution in [2.24, 2.45) is 5.41 Å². The van der Waals surface area contributed by atoms with Crippen molar-refractivity contribution in [3.63, 3.8) is 0 Å². The summed E-state index contributed by atoms with van der Waals surface area (Å²) in [6.45, 7) is 4.65. The van der Waals surface area contributed by atoms with Crippen LogP contribution in [0.1, 0.15) is 57.4 Å².